The van der Waals surface area contributed by atoms with Gasteiger partial charge in [0.2, 0.25) is 0 Å². The van der Waals surface area contributed by atoms with Gasteiger partial charge in [-0.25, -0.2) is 15.5 Å². The minimum absolute atomic E-state index is 0.0199. The molecule has 0 aliphatic carbocycles. The van der Waals surface area contributed by atoms with Crippen molar-refractivity contribution in [3.05, 3.63) is 54.1 Å². The Balaban J connectivity index is 1.75. The van der Waals surface area contributed by atoms with E-state index < -0.39 is 38.0 Å². The third-order valence-corrected chi connectivity index (χ3v) is 6.63. The smallest absolute Gasteiger partial charge is 0.353 e. The lowest BCUT2D eigenvalue weighted by molar-refractivity contribution is 0.0352. The minimum atomic E-state index is -3.54. The molecule has 0 saturated carbocycles. The molecule has 0 spiro atoms. The molecule has 3 rings (SSSR count). The number of nitrogens with one attached hydrogen (secondary N) is 3. The Hall–Kier alpha value is -3.06. The van der Waals surface area contributed by atoms with Crippen LogP contribution in [0, 0.1) is 5.53 Å². The second kappa shape index (κ2) is 12.1. The number of aliphatic hydroxyl groups is 2. The van der Waals surface area contributed by atoms with E-state index >= 15 is 0 Å². The number of aliphatic hydroxyl groups excluding tert-OH is 2. The van der Waals surface area contributed by atoms with Crippen LogP contribution in [0.1, 0.15) is 24.2 Å². The van der Waals surface area contributed by atoms with Crippen LogP contribution < -0.4 is 10.6 Å². The molecule has 2 heterocycles. The van der Waals surface area contributed by atoms with E-state index in [1.165, 1.54) is 11.9 Å². The van der Waals surface area contributed by atoms with E-state index in [4.69, 9.17) is 19.3 Å². The number of nitrogens with zero attached hydrogens (tertiary/aromatic N) is 3. The van der Waals surface area contributed by atoms with E-state index in [9.17, 15) is 19.6 Å². The molecule has 4 atom stereocenters. The zero-order chi connectivity index (χ0) is 25.4. The maximum Gasteiger partial charge on any atom is 0.353 e. The van der Waals surface area contributed by atoms with Gasteiger partial charge >= 0.3 is 7.60 Å². The van der Waals surface area contributed by atoms with Crippen molar-refractivity contribution in [1.29, 1.82) is 5.53 Å². The lowest BCUT2D eigenvalue weighted by Crippen LogP contribution is -2.36. The first kappa shape index (κ1) is 26.5. The van der Waals surface area contributed by atoms with Crippen LogP contribution >= 0.6 is 7.60 Å². The van der Waals surface area contributed by atoms with Crippen LogP contribution in [-0.4, -0.2) is 63.8 Å². The van der Waals surface area contributed by atoms with Gasteiger partial charge in [-0.1, -0.05) is 18.2 Å². The maximum atomic E-state index is 12.6. The highest BCUT2D eigenvalue weighted by Gasteiger charge is 2.42. The number of ether oxygens (including phenoxy) is 1. The highest BCUT2D eigenvalue weighted by atomic mass is 31.2. The summed E-state index contributed by atoms with van der Waals surface area (Å²) in [7, 11) is -3.54. The first-order chi connectivity index (χ1) is 16.8. The number of hydrogen-bond acceptors (Lipinski definition) is 12. The van der Waals surface area contributed by atoms with Gasteiger partial charge in [-0.05, 0) is 32.1 Å². The second-order valence-corrected chi connectivity index (χ2v) is 9.11. The molecule has 13 nitrogen and oxygen atoms in total. The van der Waals surface area contributed by atoms with Crippen LogP contribution in [0.15, 0.2) is 53.7 Å². The summed E-state index contributed by atoms with van der Waals surface area (Å²) in [6.45, 7) is 3.63. The quantitative estimate of drug-likeness (QED) is 0.224. The summed E-state index contributed by atoms with van der Waals surface area (Å²) in [5, 5.41) is 29.6. The fourth-order valence-electron chi connectivity index (χ4n) is 3.24. The molecule has 1 aromatic carbocycles. The first-order valence-electron chi connectivity index (χ1n) is 10.8. The van der Waals surface area contributed by atoms with Gasteiger partial charge in [0, 0.05) is 11.4 Å². The zero-order valence-corrected chi connectivity index (χ0v) is 20.0. The monoisotopic (exact) mass is 506 g/mol. The van der Waals surface area contributed by atoms with Crippen molar-refractivity contribution in [3.63, 3.8) is 0 Å². The highest BCUT2D eigenvalue weighted by molar-refractivity contribution is 7.57. The number of amides is 1. The largest absolute Gasteiger partial charge is 0.387 e. The molecule has 0 radical (unpaired) electrons. The van der Waals surface area contributed by atoms with E-state index in [0.29, 0.717) is 5.56 Å². The van der Waals surface area contributed by atoms with Gasteiger partial charge in [-0.2, -0.15) is 5.11 Å². The van der Waals surface area contributed by atoms with Crippen LogP contribution in [0.3, 0.4) is 0 Å². The number of carbonyl (C=O) groups is 1. The zero-order valence-electron chi connectivity index (χ0n) is 19.1. The Morgan fingerprint density at radius 1 is 1.17 bits per heavy atom. The van der Waals surface area contributed by atoms with Crippen LogP contribution in [0.25, 0.3) is 0 Å². The van der Waals surface area contributed by atoms with Gasteiger partial charge in [-0.3, -0.25) is 9.36 Å². The second-order valence-electron chi connectivity index (χ2n) is 7.22. The number of aromatic nitrogens is 2. The fourth-order valence-corrected chi connectivity index (χ4v) is 4.59. The Labute approximate surface area is 201 Å². The highest BCUT2D eigenvalue weighted by Crippen LogP contribution is 2.50. The lowest BCUT2D eigenvalue weighted by Gasteiger charge is -2.18. The molecule has 188 valence electrons. The number of benzene rings is 1. The molecule has 35 heavy (non-hydrogen) atoms. The summed E-state index contributed by atoms with van der Waals surface area (Å²) in [6.07, 6.45) is -2.59. The number of hydrogen-bond donors (Lipinski definition) is 5. The maximum absolute atomic E-state index is 12.6. The molecule has 1 aromatic heterocycles. The molecule has 5 N–H and O–H groups in total. The van der Waals surface area contributed by atoms with Crippen molar-refractivity contribution in [2.24, 2.45) is 5.11 Å². The number of carbonyl (C=O) groups excluding carboxylic acids is 1. The fraction of sp³-hybridized carbons (Fsp3) is 0.381. The molecular formula is C21H27N6O7P. The van der Waals surface area contributed by atoms with Gasteiger partial charge in [-0.15, -0.1) is 0 Å². The van der Waals surface area contributed by atoms with Crippen LogP contribution in [0.2, 0.25) is 0 Å². The van der Waals surface area contributed by atoms with E-state index in [0.717, 1.165) is 6.33 Å². The Bertz CT molecular complexity index is 1090. The van der Waals surface area contributed by atoms with E-state index in [-0.39, 0.29) is 30.5 Å². The molecular weight excluding hydrogens is 479 g/mol. The summed E-state index contributed by atoms with van der Waals surface area (Å²) >= 11 is 0. The Morgan fingerprint density at radius 3 is 2.46 bits per heavy atom. The first-order valence-corrected chi connectivity index (χ1v) is 12.4. The van der Waals surface area contributed by atoms with Crippen molar-refractivity contribution in [2.45, 2.75) is 38.4 Å². The van der Waals surface area contributed by atoms with Gasteiger partial charge in [0.25, 0.3) is 5.91 Å². The standard InChI is InChI=1S/C21H27N6O7P/c1-3-32-35(31,33-4-2)11-10-14-16(28)17(29)21(34-14)26-19-15(27-22)18(23-12-24-19)25-20(30)13-8-6-5-7-9-13/h5-12,14,16-17,21-22,28-29H,3-4H2,1-2H3,(H2,23,24,25,26,30)/b11-10+,27-22?/t14-,16-,17-,21-/m1/s1. The normalized spacial score (nSPS) is 22.3. The van der Waals surface area contributed by atoms with E-state index in [2.05, 4.69) is 25.7 Å². The summed E-state index contributed by atoms with van der Waals surface area (Å²) in [4.78, 5) is 20.5. The van der Waals surface area contributed by atoms with Gasteiger partial charge in [0.15, 0.2) is 23.6 Å². The average Bonchev–Trinajstić information content (AvgIpc) is 3.11. The molecule has 1 aliphatic heterocycles. The lowest BCUT2D eigenvalue weighted by atomic mass is 10.1. The van der Waals surface area contributed by atoms with Crippen molar-refractivity contribution < 1.29 is 33.4 Å². The molecule has 0 bridgehead atoms. The molecule has 1 amide bonds. The molecule has 1 aliphatic rings. The third kappa shape index (κ3) is 6.54. The topological polar surface area (TPSA) is 188 Å². The Kier molecular flexibility index (Phi) is 9.15. The SMILES string of the molecule is CCOP(=O)(/C=C/[C@H]1O[C@@H](Nc2ncnc(NC(=O)c3ccccc3)c2N=N)[C@H](O)[C@@H]1O)OCC. The van der Waals surface area contributed by atoms with Gasteiger partial charge in [0.1, 0.15) is 24.6 Å². The summed E-state index contributed by atoms with van der Waals surface area (Å²) in [5.74, 6) is 0.653. The van der Waals surface area contributed by atoms with Crippen LogP contribution in [-0.2, 0) is 18.3 Å². The summed E-state index contributed by atoms with van der Waals surface area (Å²) in [5.41, 5.74) is 7.79. The van der Waals surface area contributed by atoms with Crippen LogP contribution in [0.4, 0.5) is 17.3 Å². The molecule has 0 unspecified atom stereocenters. The predicted octanol–water partition coefficient (Wildman–Crippen LogP) is 3.03. The van der Waals surface area contributed by atoms with Crippen molar-refractivity contribution in [1.82, 2.24) is 9.97 Å². The molecule has 1 fully saturated rings. The predicted molar refractivity (Wildman–Crippen MR) is 126 cm³/mol. The average molecular weight is 506 g/mol. The van der Waals surface area contributed by atoms with Crippen molar-refractivity contribution in [2.75, 3.05) is 23.8 Å². The number of anilines is 2. The summed E-state index contributed by atoms with van der Waals surface area (Å²) in [6, 6.07) is 8.40. The van der Waals surface area contributed by atoms with Gasteiger partial charge in [0.05, 0.1) is 13.2 Å². The molecule has 1 saturated heterocycles. The van der Waals surface area contributed by atoms with E-state index in [1.54, 1.807) is 44.2 Å². The third-order valence-electron chi connectivity index (χ3n) is 4.86. The molecule has 2 aromatic rings. The van der Waals surface area contributed by atoms with Crippen LogP contribution in [0.5, 0.6) is 0 Å². The number of rotatable bonds is 11. The Morgan fingerprint density at radius 2 is 1.83 bits per heavy atom. The van der Waals surface area contributed by atoms with Crippen molar-refractivity contribution >= 4 is 30.8 Å². The summed E-state index contributed by atoms with van der Waals surface area (Å²) < 4.78 is 28.6. The molecule has 14 heteroatoms. The minimum Gasteiger partial charge on any atom is -0.387 e. The van der Waals surface area contributed by atoms with Gasteiger partial charge < -0.3 is 34.6 Å². The van der Waals surface area contributed by atoms with Crippen molar-refractivity contribution in [3.8, 4) is 0 Å². The van der Waals surface area contributed by atoms with E-state index in [1.807, 2.05) is 0 Å².